The Labute approximate surface area is 193 Å². The van der Waals surface area contributed by atoms with Gasteiger partial charge in [0.2, 0.25) is 0 Å². The fourth-order valence-electron chi connectivity index (χ4n) is 10.0. The van der Waals surface area contributed by atoms with Crippen LogP contribution >= 0.6 is 0 Å². The lowest BCUT2D eigenvalue weighted by Crippen LogP contribution is -2.56. The summed E-state index contributed by atoms with van der Waals surface area (Å²) in [4.78, 5) is 0. The molecule has 0 bridgehead atoms. The van der Waals surface area contributed by atoms with Crippen molar-refractivity contribution in [3.63, 3.8) is 0 Å². The van der Waals surface area contributed by atoms with Gasteiger partial charge in [-0.1, -0.05) is 60.0 Å². The maximum Gasteiger partial charge on any atom is 0.0574 e. The molecule has 31 heavy (non-hydrogen) atoms. The Morgan fingerprint density at radius 2 is 1.55 bits per heavy atom. The van der Waals surface area contributed by atoms with Crippen molar-refractivity contribution < 1.29 is 5.11 Å². The zero-order chi connectivity index (χ0) is 22.4. The molecule has 1 nitrogen and oxygen atoms in total. The largest absolute Gasteiger partial charge is 0.393 e. The molecule has 0 aromatic heterocycles. The molecule has 4 saturated carbocycles. The summed E-state index contributed by atoms with van der Waals surface area (Å²) in [5.74, 6) is 6.70. The highest BCUT2D eigenvalue weighted by atomic mass is 16.3. The quantitative estimate of drug-likeness (QED) is 0.404. The summed E-state index contributed by atoms with van der Waals surface area (Å²) in [5.41, 5.74) is 1.05. The number of hydrogen-bond acceptors (Lipinski definition) is 1. The van der Waals surface area contributed by atoms with Crippen LogP contribution < -0.4 is 0 Å². The molecule has 0 aromatic rings. The Kier molecular flexibility index (Phi) is 7.04. The lowest BCUT2D eigenvalue weighted by molar-refractivity contribution is -0.152. The molecule has 0 saturated heterocycles. The number of hydrogen-bond donors (Lipinski definition) is 1. The van der Waals surface area contributed by atoms with Gasteiger partial charge in [-0.2, -0.15) is 0 Å². The van der Waals surface area contributed by atoms with Crippen LogP contribution in [0, 0.1) is 58.2 Å². The van der Waals surface area contributed by atoms with Gasteiger partial charge in [0.15, 0.2) is 0 Å². The molecule has 0 radical (unpaired) electrons. The molecule has 0 amide bonds. The number of aliphatic hydroxyl groups is 1. The van der Waals surface area contributed by atoms with Crippen LogP contribution in [0.2, 0.25) is 0 Å². The van der Waals surface area contributed by atoms with E-state index in [-0.39, 0.29) is 6.10 Å². The van der Waals surface area contributed by atoms with Gasteiger partial charge in [0.25, 0.3) is 0 Å². The minimum absolute atomic E-state index is 0.0935. The van der Waals surface area contributed by atoms with Gasteiger partial charge in [-0.3, -0.25) is 0 Å². The fourth-order valence-corrected chi connectivity index (χ4v) is 10.0. The van der Waals surface area contributed by atoms with E-state index >= 15 is 0 Å². The van der Waals surface area contributed by atoms with Crippen molar-refractivity contribution in [2.75, 3.05) is 0 Å². The fraction of sp³-hybridized carbons (Fsp3) is 0.933. The molecule has 0 unspecified atom stereocenters. The predicted molar refractivity (Wildman–Crippen MR) is 133 cm³/mol. The smallest absolute Gasteiger partial charge is 0.0574 e. The predicted octanol–water partition coefficient (Wildman–Crippen LogP) is 8.27. The zero-order valence-electron chi connectivity index (χ0n) is 21.4. The monoisotopic (exact) mass is 428 g/mol. The Balaban J connectivity index is 1.49. The third-order valence-electron chi connectivity index (χ3n) is 11.6. The molecular weight excluding hydrogens is 376 g/mol. The summed E-state index contributed by atoms with van der Waals surface area (Å²) in [7, 11) is 0. The summed E-state index contributed by atoms with van der Waals surface area (Å²) in [6, 6.07) is 0. The molecule has 10 atom stereocenters. The molecule has 4 rings (SSSR count). The molecule has 0 aliphatic heterocycles. The molecular formula is C30H52O. The SMILES string of the molecule is C=CC[C@H]1[C@H](O)CC[C@@]2(C)[C@@H]1CC[C@@H]1[C@@H]2CC[C@]2(C)[C@@H]([C@H](C)CCCC(C)C)CC[C@@H]12. The van der Waals surface area contributed by atoms with Gasteiger partial charge in [-0.15, -0.1) is 6.58 Å². The van der Waals surface area contributed by atoms with E-state index in [1.54, 1.807) is 0 Å². The maximum absolute atomic E-state index is 10.8. The second-order valence-corrected chi connectivity index (χ2v) is 13.4. The van der Waals surface area contributed by atoms with Crippen LogP contribution in [-0.2, 0) is 0 Å². The highest BCUT2D eigenvalue weighted by molar-refractivity contribution is 5.11. The first kappa shape index (κ1) is 23.8. The Morgan fingerprint density at radius 1 is 0.871 bits per heavy atom. The molecule has 178 valence electrons. The van der Waals surface area contributed by atoms with Crippen molar-refractivity contribution >= 4 is 0 Å². The van der Waals surface area contributed by atoms with E-state index in [9.17, 15) is 5.11 Å². The van der Waals surface area contributed by atoms with E-state index in [1.165, 1.54) is 64.2 Å². The first-order chi connectivity index (χ1) is 14.7. The van der Waals surface area contributed by atoms with Crippen molar-refractivity contribution in [1.82, 2.24) is 0 Å². The molecule has 4 aliphatic carbocycles. The van der Waals surface area contributed by atoms with Crippen LogP contribution in [0.15, 0.2) is 12.7 Å². The van der Waals surface area contributed by atoms with Crippen LogP contribution in [0.4, 0.5) is 0 Å². The number of allylic oxidation sites excluding steroid dienone is 1. The lowest BCUT2D eigenvalue weighted by atomic mass is 9.43. The molecule has 1 N–H and O–H groups in total. The highest BCUT2D eigenvalue weighted by Gasteiger charge is 2.61. The van der Waals surface area contributed by atoms with Crippen molar-refractivity contribution in [3.05, 3.63) is 12.7 Å². The van der Waals surface area contributed by atoms with E-state index in [4.69, 9.17) is 0 Å². The van der Waals surface area contributed by atoms with E-state index in [0.717, 1.165) is 48.3 Å². The minimum atomic E-state index is -0.0935. The lowest BCUT2D eigenvalue weighted by Gasteiger charge is -2.62. The molecule has 0 aromatic carbocycles. The van der Waals surface area contributed by atoms with Crippen LogP contribution in [0.3, 0.4) is 0 Å². The molecule has 1 heteroatoms. The van der Waals surface area contributed by atoms with Gasteiger partial charge in [-0.05, 0) is 116 Å². The van der Waals surface area contributed by atoms with Crippen molar-refractivity contribution in [3.8, 4) is 0 Å². The second kappa shape index (κ2) is 9.15. The summed E-state index contributed by atoms with van der Waals surface area (Å²) in [6.07, 6.45) is 18.2. The van der Waals surface area contributed by atoms with Gasteiger partial charge in [0.1, 0.15) is 0 Å². The first-order valence-electron chi connectivity index (χ1n) is 14.0. The average molecular weight is 429 g/mol. The van der Waals surface area contributed by atoms with Gasteiger partial charge in [0.05, 0.1) is 6.10 Å². The van der Waals surface area contributed by atoms with E-state index in [0.29, 0.717) is 22.7 Å². The van der Waals surface area contributed by atoms with Crippen molar-refractivity contribution in [2.45, 2.75) is 118 Å². The van der Waals surface area contributed by atoms with Gasteiger partial charge in [0, 0.05) is 0 Å². The molecule has 4 aliphatic rings. The minimum Gasteiger partial charge on any atom is -0.393 e. The Morgan fingerprint density at radius 3 is 2.26 bits per heavy atom. The van der Waals surface area contributed by atoms with Crippen molar-refractivity contribution in [2.24, 2.45) is 58.2 Å². The third-order valence-corrected chi connectivity index (χ3v) is 11.6. The van der Waals surface area contributed by atoms with Crippen molar-refractivity contribution in [1.29, 1.82) is 0 Å². The Hall–Kier alpha value is -0.300. The van der Waals surface area contributed by atoms with E-state index in [1.807, 2.05) is 0 Å². The standard InChI is InChI=1S/C30H52O/c1-7-9-23-26-13-12-22-25-15-14-24(21(4)11-8-10-20(2)3)29(25,5)18-16-27(22)30(26,6)19-17-28(23)31/h7,20-28,31H,1,8-19H2,2-6H3/t21-,22+,23-,24-,25+,26-,27+,28-,29-,30+/m1/s1. The van der Waals surface area contributed by atoms with Gasteiger partial charge >= 0.3 is 0 Å². The maximum atomic E-state index is 10.8. The van der Waals surface area contributed by atoms with Crippen LogP contribution in [0.25, 0.3) is 0 Å². The number of aliphatic hydroxyl groups excluding tert-OH is 1. The summed E-state index contributed by atoms with van der Waals surface area (Å²) in [6.45, 7) is 16.7. The van der Waals surface area contributed by atoms with Crippen LogP contribution in [-0.4, -0.2) is 11.2 Å². The normalized spacial score (nSPS) is 48.0. The average Bonchev–Trinajstić information content (AvgIpc) is 3.07. The first-order valence-corrected chi connectivity index (χ1v) is 14.0. The second-order valence-electron chi connectivity index (χ2n) is 13.4. The Bertz CT molecular complexity index is 624. The number of fused-ring (bicyclic) bond motifs is 5. The summed E-state index contributed by atoms with van der Waals surface area (Å²) in [5, 5.41) is 10.8. The van der Waals surface area contributed by atoms with Crippen LogP contribution in [0.1, 0.15) is 112 Å². The zero-order valence-corrected chi connectivity index (χ0v) is 21.4. The number of rotatable bonds is 7. The molecule has 0 spiro atoms. The molecule has 0 heterocycles. The molecule has 4 fully saturated rings. The van der Waals surface area contributed by atoms with Crippen LogP contribution in [0.5, 0.6) is 0 Å². The highest BCUT2D eigenvalue weighted by Crippen LogP contribution is 2.69. The topological polar surface area (TPSA) is 20.2 Å². The van der Waals surface area contributed by atoms with Gasteiger partial charge < -0.3 is 5.11 Å². The summed E-state index contributed by atoms with van der Waals surface area (Å²) >= 11 is 0. The summed E-state index contributed by atoms with van der Waals surface area (Å²) < 4.78 is 0. The van der Waals surface area contributed by atoms with E-state index in [2.05, 4.69) is 47.3 Å². The third kappa shape index (κ3) is 4.08. The van der Waals surface area contributed by atoms with Gasteiger partial charge in [-0.25, -0.2) is 0 Å². The van der Waals surface area contributed by atoms with E-state index < -0.39 is 0 Å².